The smallest absolute Gasteiger partial charge is 0.133 e. The third-order valence-electron chi connectivity index (χ3n) is 2.87. The van der Waals surface area contributed by atoms with Gasteiger partial charge in [0.05, 0.1) is 0 Å². The fraction of sp³-hybridized carbons (Fsp3) is 0.667. The number of halogens is 1. The molecule has 1 saturated carbocycles. The molecule has 16 heavy (non-hydrogen) atoms. The van der Waals surface area contributed by atoms with E-state index in [1.165, 1.54) is 32.1 Å². The molecule has 0 radical (unpaired) electrons. The van der Waals surface area contributed by atoms with E-state index in [-0.39, 0.29) is 0 Å². The number of rotatable bonds is 3. The Kier molecular flexibility index (Phi) is 4.47. The molecular formula is C12H17ClN2S. The first-order valence-electron chi connectivity index (χ1n) is 5.98. The molecule has 0 spiro atoms. The predicted octanol–water partition coefficient (Wildman–Crippen LogP) is 4.12. The highest BCUT2D eigenvalue weighted by Gasteiger charge is 2.15. The van der Waals surface area contributed by atoms with Crippen LogP contribution in [0, 0.1) is 0 Å². The Morgan fingerprint density at radius 2 is 2.06 bits per heavy atom. The van der Waals surface area contributed by atoms with Crippen molar-refractivity contribution in [3.63, 3.8) is 0 Å². The second-order valence-corrected chi connectivity index (χ2v) is 5.88. The van der Waals surface area contributed by atoms with Crippen molar-refractivity contribution in [2.75, 3.05) is 0 Å². The average molecular weight is 257 g/mol. The molecule has 4 heteroatoms. The topological polar surface area (TPSA) is 25.8 Å². The summed E-state index contributed by atoms with van der Waals surface area (Å²) in [4.78, 5) is 8.70. The van der Waals surface area contributed by atoms with E-state index in [2.05, 4.69) is 16.9 Å². The molecular weight excluding hydrogens is 240 g/mol. The lowest BCUT2D eigenvalue weighted by Crippen LogP contribution is -2.08. The lowest BCUT2D eigenvalue weighted by molar-refractivity contribution is 0.515. The lowest BCUT2D eigenvalue weighted by Gasteiger charge is -2.20. The zero-order valence-corrected chi connectivity index (χ0v) is 11.2. The van der Waals surface area contributed by atoms with Gasteiger partial charge in [-0.05, 0) is 12.8 Å². The Labute approximate surface area is 106 Å². The molecule has 1 fully saturated rings. The molecule has 2 nitrogen and oxygen atoms in total. The second kappa shape index (κ2) is 5.87. The van der Waals surface area contributed by atoms with Gasteiger partial charge in [0.15, 0.2) is 0 Å². The van der Waals surface area contributed by atoms with Gasteiger partial charge in [-0.2, -0.15) is 0 Å². The van der Waals surface area contributed by atoms with Crippen LogP contribution in [0.3, 0.4) is 0 Å². The van der Waals surface area contributed by atoms with Gasteiger partial charge in [0, 0.05) is 17.7 Å². The Balaban J connectivity index is 2.04. The maximum atomic E-state index is 5.98. The van der Waals surface area contributed by atoms with Gasteiger partial charge in [-0.25, -0.2) is 9.97 Å². The highest BCUT2D eigenvalue weighted by Crippen LogP contribution is 2.33. The molecule has 88 valence electrons. The van der Waals surface area contributed by atoms with E-state index in [9.17, 15) is 0 Å². The van der Waals surface area contributed by atoms with Crippen LogP contribution in [0.15, 0.2) is 11.1 Å². The number of hydrogen-bond acceptors (Lipinski definition) is 3. The molecule has 1 aliphatic rings. The Morgan fingerprint density at radius 1 is 1.31 bits per heavy atom. The van der Waals surface area contributed by atoms with Crippen molar-refractivity contribution in [1.82, 2.24) is 9.97 Å². The first kappa shape index (κ1) is 12.2. The molecule has 0 atom stereocenters. The van der Waals surface area contributed by atoms with Gasteiger partial charge in [0.25, 0.3) is 0 Å². The van der Waals surface area contributed by atoms with E-state index in [0.29, 0.717) is 5.15 Å². The molecule has 0 saturated heterocycles. The monoisotopic (exact) mass is 256 g/mol. The quantitative estimate of drug-likeness (QED) is 0.761. The molecule has 0 amide bonds. The van der Waals surface area contributed by atoms with Crippen LogP contribution in [-0.2, 0) is 6.42 Å². The molecule has 0 unspecified atom stereocenters. The summed E-state index contributed by atoms with van der Waals surface area (Å²) in [5.74, 6) is 0.853. The fourth-order valence-corrected chi connectivity index (χ4v) is 3.53. The third-order valence-corrected chi connectivity index (χ3v) is 4.32. The van der Waals surface area contributed by atoms with Crippen LogP contribution in [0.1, 0.15) is 44.9 Å². The minimum atomic E-state index is 0.574. The lowest BCUT2D eigenvalue weighted by atomic mass is 10.0. The summed E-state index contributed by atoms with van der Waals surface area (Å²) in [6, 6.07) is 1.89. The van der Waals surface area contributed by atoms with Crippen molar-refractivity contribution in [3.05, 3.63) is 17.0 Å². The van der Waals surface area contributed by atoms with Crippen LogP contribution in [0.4, 0.5) is 0 Å². The van der Waals surface area contributed by atoms with Gasteiger partial charge in [-0.3, -0.25) is 0 Å². The predicted molar refractivity (Wildman–Crippen MR) is 69.2 cm³/mol. The largest absolute Gasteiger partial charge is 0.226 e. The SMILES string of the molecule is CCc1nc(Cl)cc(SC2CCCCC2)n1. The Morgan fingerprint density at radius 3 is 2.75 bits per heavy atom. The maximum absolute atomic E-state index is 5.98. The molecule has 0 aliphatic heterocycles. The molecule has 0 N–H and O–H groups in total. The average Bonchev–Trinajstić information content (AvgIpc) is 2.29. The first-order valence-corrected chi connectivity index (χ1v) is 7.24. The van der Waals surface area contributed by atoms with Crippen molar-refractivity contribution < 1.29 is 0 Å². The minimum Gasteiger partial charge on any atom is -0.226 e. The van der Waals surface area contributed by atoms with Crippen LogP contribution in [0.25, 0.3) is 0 Å². The summed E-state index contributed by atoms with van der Waals surface area (Å²) in [6.45, 7) is 2.06. The summed E-state index contributed by atoms with van der Waals surface area (Å²) in [7, 11) is 0. The Bertz CT molecular complexity index is 351. The molecule has 2 rings (SSSR count). The van der Waals surface area contributed by atoms with Crippen LogP contribution < -0.4 is 0 Å². The summed E-state index contributed by atoms with van der Waals surface area (Å²) < 4.78 is 0. The molecule has 1 aromatic heterocycles. The number of aromatic nitrogens is 2. The maximum Gasteiger partial charge on any atom is 0.133 e. The zero-order chi connectivity index (χ0) is 11.4. The van der Waals surface area contributed by atoms with Crippen molar-refractivity contribution in [2.45, 2.75) is 55.7 Å². The van der Waals surface area contributed by atoms with Crippen molar-refractivity contribution in [2.24, 2.45) is 0 Å². The van der Waals surface area contributed by atoms with Crippen molar-refractivity contribution >= 4 is 23.4 Å². The van der Waals surface area contributed by atoms with E-state index in [4.69, 9.17) is 11.6 Å². The molecule has 1 aliphatic carbocycles. The normalized spacial score (nSPS) is 17.6. The minimum absolute atomic E-state index is 0.574. The van der Waals surface area contributed by atoms with Gasteiger partial charge < -0.3 is 0 Å². The fourth-order valence-electron chi connectivity index (χ4n) is 2.01. The molecule has 0 bridgehead atoms. The highest BCUT2D eigenvalue weighted by molar-refractivity contribution is 7.99. The van der Waals surface area contributed by atoms with E-state index in [1.54, 1.807) is 0 Å². The standard InChI is InChI=1S/C12H17ClN2S/c1-2-11-14-10(13)8-12(15-11)16-9-6-4-3-5-7-9/h8-9H,2-7H2,1H3. The number of nitrogens with zero attached hydrogens (tertiary/aromatic N) is 2. The van der Waals surface area contributed by atoms with Crippen LogP contribution in [0.5, 0.6) is 0 Å². The second-order valence-electron chi connectivity index (χ2n) is 4.18. The third kappa shape index (κ3) is 3.36. The van der Waals surface area contributed by atoms with Crippen molar-refractivity contribution in [3.8, 4) is 0 Å². The zero-order valence-electron chi connectivity index (χ0n) is 9.58. The summed E-state index contributed by atoms with van der Waals surface area (Å²) in [5, 5.41) is 2.35. The van der Waals surface area contributed by atoms with E-state index >= 15 is 0 Å². The van der Waals surface area contributed by atoms with E-state index in [0.717, 1.165) is 22.5 Å². The number of aryl methyl sites for hydroxylation is 1. The van der Waals surface area contributed by atoms with Gasteiger partial charge in [-0.15, -0.1) is 11.8 Å². The van der Waals surface area contributed by atoms with Crippen LogP contribution in [0.2, 0.25) is 5.15 Å². The highest BCUT2D eigenvalue weighted by atomic mass is 35.5. The summed E-state index contributed by atoms with van der Waals surface area (Å²) in [6.07, 6.45) is 7.58. The molecule has 1 aromatic rings. The Hall–Kier alpha value is -0.280. The molecule has 1 heterocycles. The number of thioether (sulfide) groups is 1. The van der Waals surface area contributed by atoms with E-state index in [1.807, 2.05) is 17.8 Å². The van der Waals surface area contributed by atoms with E-state index < -0.39 is 0 Å². The number of hydrogen-bond donors (Lipinski definition) is 0. The van der Waals surface area contributed by atoms with Crippen LogP contribution in [-0.4, -0.2) is 15.2 Å². The first-order chi connectivity index (χ1) is 7.78. The van der Waals surface area contributed by atoms with Gasteiger partial charge in [-0.1, -0.05) is 37.8 Å². The van der Waals surface area contributed by atoms with Crippen LogP contribution >= 0.6 is 23.4 Å². The van der Waals surface area contributed by atoms with Gasteiger partial charge in [0.1, 0.15) is 16.0 Å². The van der Waals surface area contributed by atoms with Crippen molar-refractivity contribution in [1.29, 1.82) is 0 Å². The molecule has 0 aromatic carbocycles. The van der Waals surface area contributed by atoms with Gasteiger partial charge >= 0.3 is 0 Å². The summed E-state index contributed by atoms with van der Waals surface area (Å²) >= 11 is 7.85. The van der Waals surface area contributed by atoms with Gasteiger partial charge in [0.2, 0.25) is 0 Å². The summed E-state index contributed by atoms with van der Waals surface area (Å²) in [5.41, 5.74) is 0.